The topological polar surface area (TPSA) is 134 Å². The third kappa shape index (κ3) is 6.08. The molecule has 11 heteroatoms. The lowest BCUT2D eigenvalue weighted by Crippen LogP contribution is -2.46. The number of halogens is 1. The van der Waals surface area contributed by atoms with Crippen LogP contribution >= 0.6 is 15.9 Å². The van der Waals surface area contributed by atoms with Crippen LogP contribution in [0.15, 0.2) is 35.3 Å². The van der Waals surface area contributed by atoms with Gasteiger partial charge in [0.2, 0.25) is 0 Å². The molecule has 0 saturated heterocycles. The van der Waals surface area contributed by atoms with Crippen LogP contribution in [0.3, 0.4) is 0 Å². The van der Waals surface area contributed by atoms with Crippen LogP contribution in [0.25, 0.3) is 16.9 Å². The largest absolute Gasteiger partial charge is 0.461 e. The zero-order valence-corrected chi connectivity index (χ0v) is 21.5. The Hall–Kier alpha value is -3.21. The summed E-state index contributed by atoms with van der Waals surface area (Å²) >= 11 is 3.47. The van der Waals surface area contributed by atoms with E-state index < -0.39 is 23.7 Å². The fourth-order valence-corrected chi connectivity index (χ4v) is 4.62. The second-order valence-corrected chi connectivity index (χ2v) is 10.3. The molecule has 0 unspecified atom stereocenters. The maximum Gasteiger partial charge on any atom is 0.408 e. The van der Waals surface area contributed by atoms with E-state index in [4.69, 9.17) is 15.2 Å². The molecule has 1 saturated carbocycles. The first-order valence-electron chi connectivity index (χ1n) is 11.5. The fourth-order valence-electron chi connectivity index (χ4n) is 4.07. The maximum absolute atomic E-state index is 13.0. The number of rotatable bonds is 6. The molecular formula is C24H29BrN6O4. The van der Waals surface area contributed by atoms with E-state index in [2.05, 4.69) is 36.2 Å². The van der Waals surface area contributed by atoms with Crippen LogP contribution in [0.2, 0.25) is 0 Å². The molecule has 1 aromatic carbocycles. The Morgan fingerprint density at radius 3 is 2.71 bits per heavy atom. The normalized spacial score (nSPS) is 15.2. The van der Waals surface area contributed by atoms with Crippen molar-refractivity contribution < 1.29 is 19.1 Å². The molecule has 10 nitrogen and oxygen atoms in total. The number of anilines is 1. The minimum Gasteiger partial charge on any atom is -0.461 e. The Morgan fingerprint density at radius 1 is 1.26 bits per heavy atom. The summed E-state index contributed by atoms with van der Waals surface area (Å²) in [4.78, 5) is 38.3. The van der Waals surface area contributed by atoms with Crippen LogP contribution < -0.4 is 11.1 Å². The number of hydrogen-bond acceptors (Lipinski definition) is 8. The third-order valence-electron chi connectivity index (χ3n) is 5.60. The molecule has 1 aliphatic carbocycles. The van der Waals surface area contributed by atoms with Crippen LogP contribution in [-0.2, 0) is 20.7 Å². The van der Waals surface area contributed by atoms with Crippen molar-refractivity contribution in [2.45, 2.75) is 70.6 Å². The molecule has 0 aliphatic heterocycles. The van der Waals surface area contributed by atoms with Gasteiger partial charge in [-0.05, 0) is 80.1 Å². The van der Waals surface area contributed by atoms with Crippen molar-refractivity contribution in [2.24, 2.45) is 0 Å². The molecule has 2 aromatic heterocycles. The van der Waals surface area contributed by atoms with Crippen molar-refractivity contribution in [1.29, 1.82) is 0 Å². The molecule has 186 valence electrons. The van der Waals surface area contributed by atoms with Gasteiger partial charge in [-0.25, -0.2) is 24.5 Å². The number of nitrogen functional groups attached to an aromatic ring is 1. The number of hydrogen-bond donors (Lipinski definition) is 2. The van der Waals surface area contributed by atoms with E-state index in [1.165, 1.54) is 6.33 Å². The summed E-state index contributed by atoms with van der Waals surface area (Å²) in [6, 6.07) is 6.63. The highest BCUT2D eigenvalue weighted by molar-refractivity contribution is 9.10. The number of ether oxygens (including phenoxy) is 2. The molecule has 1 amide bonds. The summed E-state index contributed by atoms with van der Waals surface area (Å²) in [5, 5.41) is 2.70. The Balaban J connectivity index is 1.60. The fraction of sp³-hybridized carbons (Fsp3) is 0.458. The van der Waals surface area contributed by atoms with Crippen molar-refractivity contribution in [2.75, 3.05) is 5.73 Å². The van der Waals surface area contributed by atoms with Gasteiger partial charge in [0.05, 0.1) is 0 Å². The number of carbonyl (C=O) groups excluding carboxylic acids is 2. The summed E-state index contributed by atoms with van der Waals surface area (Å²) in [6.45, 7) is 5.31. The summed E-state index contributed by atoms with van der Waals surface area (Å²) in [5.74, 6) is -0.190. The number of esters is 1. The summed E-state index contributed by atoms with van der Waals surface area (Å²) in [5.41, 5.74) is 7.85. The first kappa shape index (κ1) is 24.9. The van der Waals surface area contributed by atoms with Crippen LogP contribution in [0, 0.1) is 0 Å². The minimum atomic E-state index is -0.901. The lowest BCUT2D eigenvalue weighted by atomic mass is 10.0. The highest BCUT2D eigenvalue weighted by Gasteiger charge is 2.29. The number of aromatic nitrogens is 4. The number of nitrogens with zero attached hydrogens (tertiary/aromatic N) is 4. The highest BCUT2D eigenvalue weighted by atomic mass is 79.9. The number of fused-ring (bicyclic) bond motifs is 1. The first-order valence-corrected chi connectivity index (χ1v) is 12.3. The number of nitrogens with one attached hydrogen (secondary N) is 1. The van der Waals surface area contributed by atoms with E-state index in [0.717, 1.165) is 36.9 Å². The zero-order chi connectivity index (χ0) is 25.2. The monoisotopic (exact) mass is 544 g/mol. The standard InChI is InChI=1S/C24H29BrN6O4/c1-24(2,3)35-23(33)29-17(21(32)34-16-9-4-5-10-16)12-14-7-6-8-15(11-14)31-20-18(30-22(31)25)19(26)27-13-28-20/h6-8,11,13,16-17H,4-5,9-10,12H2,1-3H3,(H,29,33)(H2,26,27,28)/t17-/m0/s1. The molecule has 0 bridgehead atoms. The Kier molecular flexibility index (Phi) is 7.25. The molecule has 35 heavy (non-hydrogen) atoms. The number of carbonyl (C=O) groups is 2. The molecular weight excluding hydrogens is 516 g/mol. The number of amides is 1. The van der Waals surface area contributed by atoms with Gasteiger partial charge < -0.3 is 20.5 Å². The van der Waals surface area contributed by atoms with Crippen LogP contribution in [0.4, 0.5) is 10.6 Å². The van der Waals surface area contributed by atoms with Crippen LogP contribution in [0.5, 0.6) is 0 Å². The smallest absolute Gasteiger partial charge is 0.408 e. The van der Waals surface area contributed by atoms with Crippen LogP contribution in [-0.4, -0.2) is 49.3 Å². The lowest BCUT2D eigenvalue weighted by Gasteiger charge is -2.24. The van der Waals surface area contributed by atoms with Crippen molar-refractivity contribution in [1.82, 2.24) is 24.8 Å². The number of alkyl carbamates (subject to hydrolysis) is 1. The second kappa shape index (κ2) is 10.2. The Labute approximate surface area is 211 Å². The maximum atomic E-state index is 13.0. The van der Waals surface area contributed by atoms with E-state index >= 15 is 0 Å². The van der Waals surface area contributed by atoms with E-state index in [-0.39, 0.29) is 18.3 Å². The molecule has 1 aliphatic rings. The summed E-state index contributed by atoms with van der Waals surface area (Å²) < 4.78 is 13.4. The van der Waals surface area contributed by atoms with E-state index in [1.54, 1.807) is 25.3 Å². The molecule has 2 heterocycles. The molecule has 3 aromatic rings. The zero-order valence-electron chi connectivity index (χ0n) is 20.0. The van der Waals surface area contributed by atoms with Crippen molar-refractivity contribution in [3.63, 3.8) is 0 Å². The number of nitrogens with two attached hydrogens (primary N) is 1. The van der Waals surface area contributed by atoms with Gasteiger partial charge >= 0.3 is 12.1 Å². The van der Waals surface area contributed by atoms with Gasteiger partial charge in [-0.3, -0.25) is 4.57 Å². The van der Waals surface area contributed by atoms with Crippen molar-refractivity contribution >= 4 is 45.0 Å². The van der Waals surface area contributed by atoms with Crippen molar-refractivity contribution in [3.05, 3.63) is 40.9 Å². The van der Waals surface area contributed by atoms with Crippen LogP contribution in [0.1, 0.15) is 52.0 Å². The molecule has 1 fully saturated rings. The second-order valence-electron chi connectivity index (χ2n) is 9.56. The van der Waals surface area contributed by atoms with Gasteiger partial charge in [0.25, 0.3) is 0 Å². The Morgan fingerprint density at radius 2 is 2.00 bits per heavy atom. The highest BCUT2D eigenvalue weighted by Crippen LogP contribution is 2.27. The quantitative estimate of drug-likeness (QED) is 0.350. The summed E-state index contributed by atoms with van der Waals surface area (Å²) in [6.07, 6.45) is 4.57. The van der Waals surface area contributed by atoms with Crippen molar-refractivity contribution in [3.8, 4) is 5.69 Å². The summed E-state index contributed by atoms with van der Waals surface area (Å²) in [7, 11) is 0. The van der Waals surface area contributed by atoms with E-state index in [1.807, 2.05) is 24.3 Å². The SMILES string of the molecule is CC(C)(C)OC(=O)N[C@@H](Cc1cccc(-n2c(Br)nc3c(N)ncnc32)c1)C(=O)OC1CCCC1. The molecule has 4 rings (SSSR count). The van der Waals surface area contributed by atoms with Gasteiger partial charge in [-0.1, -0.05) is 12.1 Å². The minimum absolute atomic E-state index is 0.116. The third-order valence-corrected chi connectivity index (χ3v) is 6.13. The Bertz CT molecular complexity index is 1230. The number of imidazole rings is 1. The molecule has 1 atom stereocenters. The lowest BCUT2D eigenvalue weighted by molar-refractivity contribution is -0.151. The molecule has 0 radical (unpaired) electrons. The van der Waals surface area contributed by atoms with Gasteiger partial charge in [-0.2, -0.15) is 0 Å². The van der Waals surface area contributed by atoms with Gasteiger partial charge in [-0.15, -0.1) is 0 Å². The number of benzene rings is 1. The van der Waals surface area contributed by atoms with Gasteiger partial charge in [0, 0.05) is 12.1 Å². The van der Waals surface area contributed by atoms with E-state index in [9.17, 15) is 9.59 Å². The molecule has 3 N–H and O–H groups in total. The molecule has 0 spiro atoms. The average Bonchev–Trinajstić information content (AvgIpc) is 3.40. The average molecular weight is 545 g/mol. The predicted molar refractivity (Wildman–Crippen MR) is 134 cm³/mol. The predicted octanol–water partition coefficient (Wildman–Crippen LogP) is 4.08. The van der Waals surface area contributed by atoms with Gasteiger partial charge in [0.1, 0.15) is 24.1 Å². The first-order chi connectivity index (χ1) is 16.6. The van der Waals surface area contributed by atoms with Gasteiger partial charge in [0.15, 0.2) is 21.7 Å². The van der Waals surface area contributed by atoms with E-state index in [0.29, 0.717) is 15.9 Å².